The van der Waals surface area contributed by atoms with Crippen molar-refractivity contribution >= 4 is 0 Å². The van der Waals surface area contributed by atoms with Crippen LogP contribution in [-0.4, -0.2) is 24.4 Å². The lowest BCUT2D eigenvalue weighted by Crippen LogP contribution is -2.58. The quantitative estimate of drug-likeness (QED) is 0.244. The van der Waals surface area contributed by atoms with Crippen LogP contribution in [0.25, 0.3) is 0 Å². The third-order valence-corrected chi connectivity index (χ3v) is 1.56. The Labute approximate surface area is 72.6 Å². The lowest BCUT2D eigenvalue weighted by atomic mass is 9.98. The topological polar surface area (TPSA) is 156 Å². The summed E-state index contributed by atoms with van der Waals surface area (Å²) in [5, 5.41) is 0. The van der Waals surface area contributed by atoms with Gasteiger partial charge in [-0.2, -0.15) is 0 Å². The van der Waals surface area contributed by atoms with Crippen molar-refractivity contribution in [3.05, 3.63) is 0 Å². The highest BCUT2D eigenvalue weighted by molar-refractivity contribution is 4.84. The van der Waals surface area contributed by atoms with Crippen LogP contribution in [-0.2, 0) is 0 Å². The van der Waals surface area contributed by atoms with E-state index in [2.05, 4.69) is 0 Å². The van der Waals surface area contributed by atoms with E-state index >= 15 is 0 Å². The molecule has 0 aliphatic rings. The molecule has 0 spiro atoms. The van der Waals surface area contributed by atoms with Gasteiger partial charge in [0, 0.05) is 19.0 Å². The van der Waals surface area contributed by atoms with Gasteiger partial charge in [0.2, 0.25) is 0 Å². The molecule has 0 radical (unpaired) electrons. The number of hydrogen-bond acceptors (Lipinski definition) is 6. The van der Waals surface area contributed by atoms with Gasteiger partial charge >= 0.3 is 0 Å². The predicted molar refractivity (Wildman–Crippen MR) is 49.5 cm³/mol. The molecule has 0 aliphatic carbocycles. The molecule has 0 aromatic rings. The molecule has 1 atom stereocenters. The van der Waals surface area contributed by atoms with E-state index in [0.29, 0.717) is 19.4 Å². The second kappa shape index (κ2) is 4.70. The third-order valence-electron chi connectivity index (χ3n) is 1.56. The zero-order chi connectivity index (χ0) is 9.78. The first-order valence-electron chi connectivity index (χ1n) is 3.92. The van der Waals surface area contributed by atoms with Crippen molar-refractivity contribution in [2.24, 2.45) is 34.4 Å². The molecule has 12 N–H and O–H groups in total. The minimum atomic E-state index is -0.910. The molecule has 0 bridgehead atoms. The average molecular weight is 176 g/mol. The van der Waals surface area contributed by atoms with E-state index in [-0.39, 0.29) is 6.04 Å². The second-order valence-corrected chi connectivity index (χ2v) is 3.30. The Hall–Kier alpha value is -0.240. The van der Waals surface area contributed by atoms with E-state index < -0.39 is 11.8 Å². The number of hydrogen-bond donors (Lipinski definition) is 6. The molecule has 0 heterocycles. The third kappa shape index (κ3) is 5.42. The molecule has 0 aliphatic heterocycles. The first-order chi connectivity index (χ1) is 5.37. The van der Waals surface area contributed by atoms with Crippen molar-refractivity contribution in [3.63, 3.8) is 0 Å². The summed E-state index contributed by atoms with van der Waals surface area (Å²) in [6, 6.07) is -0.196. The summed E-state index contributed by atoms with van der Waals surface area (Å²) in [4.78, 5) is 0. The molecule has 0 saturated heterocycles. The Morgan fingerprint density at radius 3 is 1.83 bits per heavy atom. The molecule has 1 unspecified atom stereocenters. The van der Waals surface area contributed by atoms with Gasteiger partial charge in [-0.3, -0.25) is 0 Å². The van der Waals surface area contributed by atoms with E-state index in [1.54, 1.807) is 0 Å². The fourth-order valence-electron chi connectivity index (χ4n) is 1.09. The van der Waals surface area contributed by atoms with Gasteiger partial charge < -0.3 is 34.4 Å². The Morgan fingerprint density at radius 1 is 1.00 bits per heavy atom. The standard InChI is InChI=1S/C6H20N6/c7-3-4(8)1-6(11,12)2-5(9)10/h4-5H,1-3,7-12H2. The molecule has 0 amide bonds. The Balaban J connectivity index is 3.85. The van der Waals surface area contributed by atoms with Crippen LogP contribution in [0.4, 0.5) is 0 Å². The molecule has 0 fully saturated rings. The molecule has 6 heteroatoms. The van der Waals surface area contributed by atoms with Gasteiger partial charge in [0.1, 0.15) is 0 Å². The summed E-state index contributed by atoms with van der Waals surface area (Å²) in [5.74, 6) is 0. The zero-order valence-corrected chi connectivity index (χ0v) is 7.24. The highest BCUT2D eigenvalue weighted by Crippen LogP contribution is 2.06. The van der Waals surface area contributed by atoms with Crippen LogP contribution in [0, 0.1) is 0 Å². The molecular weight excluding hydrogens is 156 g/mol. The van der Waals surface area contributed by atoms with Gasteiger partial charge in [0.15, 0.2) is 0 Å². The summed E-state index contributed by atoms with van der Waals surface area (Å²) in [6.45, 7) is 0.357. The molecule has 12 heavy (non-hydrogen) atoms. The summed E-state index contributed by atoms with van der Waals surface area (Å²) in [5.41, 5.74) is 32.0. The SMILES string of the molecule is NCC(N)CC(N)(N)CC(N)N. The monoisotopic (exact) mass is 176 g/mol. The predicted octanol–water partition coefficient (Wildman–Crippen LogP) is -3.09. The van der Waals surface area contributed by atoms with Crippen molar-refractivity contribution in [2.45, 2.75) is 30.7 Å². The van der Waals surface area contributed by atoms with Gasteiger partial charge in [-0.05, 0) is 6.42 Å². The van der Waals surface area contributed by atoms with E-state index in [1.807, 2.05) is 0 Å². The largest absolute Gasteiger partial charge is 0.329 e. The fourth-order valence-corrected chi connectivity index (χ4v) is 1.09. The maximum Gasteiger partial charge on any atom is 0.0679 e. The zero-order valence-electron chi connectivity index (χ0n) is 7.24. The average Bonchev–Trinajstić information content (AvgIpc) is 1.83. The maximum atomic E-state index is 5.68. The van der Waals surface area contributed by atoms with Gasteiger partial charge in [-0.25, -0.2) is 0 Å². The van der Waals surface area contributed by atoms with E-state index in [9.17, 15) is 0 Å². The van der Waals surface area contributed by atoms with Crippen molar-refractivity contribution in [1.29, 1.82) is 0 Å². The molecule has 74 valence electrons. The second-order valence-electron chi connectivity index (χ2n) is 3.30. The molecular formula is C6H20N6. The highest BCUT2D eigenvalue weighted by Gasteiger charge is 2.23. The van der Waals surface area contributed by atoms with Crippen LogP contribution in [0.5, 0.6) is 0 Å². The smallest absolute Gasteiger partial charge is 0.0679 e. The van der Waals surface area contributed by atoms with E-state index in [0.717, 1.165) is 0 Å². The van der Waals surface area contributed by atoms with Crippen LogP contribution in [0.1, 0.15) is 12.8 Å². The summed E-state index contributed by atoms with van der Waals surface area (Å²) in [6.07, 6.45) is 0.250. The minimum absolute atomic E-state index is 0.196. The van der Waals surface area contributed by atoms with Crippen LogP contribution in [0.3, 0.4) is 0 Å². The highest BCUT2D eigenvalue weighted by atomic mass is 15.0. The van der Waals surface area contributed by atoms with E-state index in [4.69, 9.17) is 34.4 Å². The lowest BCUT2D eigenvalue weighted by Gasteiger charge is -2.28. The Kier molecular flexibility index (Phi) is 4.61. The van der Waals surface area contributed by atoms with Crippen molar-refractivity contribution in [3.8, 4) is 0 Å². The van der Waals surface area contributed by atoms with Crippen molar-refractivity contribution in [1.82, 2.24) is 0 Å². The molecule has 6 nitrogen and oxygen atoms in total. The van der Waals surface area contributed by atoms with Crippen LogP contribution >= 0.6 is 0 Å². The maximum absolute atomic E-state index is 5.68. The van der Waals surface area contributed by atoms with Crippen LogP contribution < -0.4 is 34.4 Å². The Morgan fingerprint density at radius 2 is 1.50 bits per heavy atom. The minimum Gasteiger partial charge on any atom is -0.329 e. The Bertz CT molecular complexity index is 123. The van der Waals surface area contributed by atoms with Crippen LogP contribution in [0.15, 0.2) is 0 Å². The lowest BCUT2D eigenvalue weighted by molar-refractivity contribution is 0.324. The molecule has 0 saturated carbocycles. The summed E-state index contributed by atoms with van der Waals surface area (Å²) >= 11 is 0. The molecule has 0 aromatic carbocycles. The number of rotatable bonds is 5. The summed E-state index contributed by atoms with van der Waals surface area (Å²) < 4.78 is 0. The first kappa shape index (κ1) is 11.8. The molecule has 0 rings (SSSR count). The normalized spacial score (nSPS) is 15.2. The van der Waals surface area contributed by atoms with Crippen LogP contribution in [0.2, 0.25) is 0 Å². The first-order valence-corrected chi connectivity index (χ1v) is 3.92. The van der Waals surface area contributed by atoms with E-state index in [1.165, 1.54) is 0 Å². The summed E-state index contributed by atoms with van der Waals surface area (Å²) in [7, 11) is 0. The fraction of sp³-hybridized carbons (Fsp3) is 1.00. The van der Waals surface area contributed by atoms with Gasteiger partial charge in [0.25, 0.3) is 0 Å². The number of nitrogens with two attached hydrogens (primary N) is 6. The van der Waals surface area contributed by atoms with Gasteiger partial charge in [-0.1, -0.05) is 0 Å². The van der Waals surface area contributed by atoms with Crippen molar-refractivity contribution < 1.29 is 0 Å². The molecule has 0 aromatic heterocycles. The van der Waals surface area contributed by atoms with Gasteiger partial charge in [0.05, 0.1) is 11.8 Å². The van der Waals surface area contributed by atoms with Gasteiger partial charge in [-0.15, -0.1) is 0 Å². The van der Waals surface area contributed by atoms with Crippen molar-refractivity contribution in [2.75, 3.05) is 6.54 Å².